The van der Waals surface area contributed by atoms with Crippen LogP contribution in [0.5, 0.6) is 0 Å². The van der Waals surface area contributed by atoms with E-state index in [0.29, 0.717) is 0 Å². The molecule has 1 fully saturated rings. The predicted molar refractivity (Wildman–Crippen MR) is 53.7 cm³/mol. The fourth-order valence-corrected chi connectivity index (χ4v) is 1.80. The molecule has 1 N–H and O–H groups in total. The highest BCUT2D eigenvalue weighted by atomic mass is 14.8. The fourth-order valence-electron chi connectivity index (χ4n) is 1.80. The number of rotatable bonds is 2. The molecular weight excluding hydrogens is 146 g/mol. The molecule has 0 spiro atoms. The molecule has 0 aromatic carbocycles. The summed E-state index contributed by atoms with van der Waals surface area (Å²) in [5.74, 6) is 0.866. The normalized spacial score (nSPS) is 28.1. The van der Waals surface area contributed by atoms with E-state index in [1.165, 1.54) is 32.1 Å². The fraction of sp³-hybridized carbons (Fsp3) is 0.636. The molecule has 1 heteroatoms. The van der Waals surface area contributed by atoms with Gasteiger partial charge in [-0.1, -0.05) is 31.9 Å². The van der Waals surface area contributed by atoms with Gasteiger partial charge in [0, 0.05) is 0 Å². The van der Waals surface area contributed by atoms with Crippen LogP contribution in [0, 0.1) is 5.92 Å². The highest BCUT2D eigenvalue weighted by Crippen LogP contribution is 2.25. The Hall–Kier alpha value is -0.720. The van der Waals surface area contributed by atoms with Gasteiger partial charge < -0.3 is 5.32 Å². The van der Waals surface area contributed by atoms with Gasteiger partial charge in [-0.05, 0) is 37.6 Å². The van der Waals surface area contributed by atoms with Crippen LogP contribution in [0.1, 0.15) is 39.0 Å². The number of hydrogen-bond acceptors (Lipinski definition) is 1. The zero-order chi connectivity index (χ0) is 8.81. The Labute approximate surface area is 75.6 Å². The smallest absolute Gasteiger partial charge is 0.000374 e. The van der Waals surface area contributed by atoms with Crippen molar-refractivity contribution in [3.63, 3.8) is 0 Å². The molecule has 0 amide bonds. The summed E-state index contributed by atoms with van der Waals surface area (Å²) in [5.41, 5.74) is 1.56. The summed E-state index contributed by atoms with van der Waals surface area (Å²) in [6.45, 7) is 5.97. The lowest BCUT2D eigenvalue weighted by molar-refractivity contribution is 0.530. The summed E-state index contributed by atoms with van der Waals surface area (Å²) in [5, 5.41) is 3.07. The van der Waals surface area contributed by atoms with Crippen LogP contribution in [0.4, 0.5) is 0 Å². The maximum atomic E-state index is 3.63. The molecule has 0 bridgehead atoms. The van der Waals surface area contributed by atoms with Crippen molar-refractivity contribution in [1.82, 2.24) is 5.32 Å². The van der Waals surface area contributed by atoms with Gasteiger partial charge in [-0.25, -0.2) is 0 Å². The van der Waals surface area contributed by atoms with E-state index in [-0.39, 0.29) is 0 Å². The lowest BCUT2D eigenvalue weighted by Gasteiger charge is -2.07. The molecule has 1 saturated carbocycles. The molecule has 0 aromatic rings. The molecule has 0 aliphatic heterocycles. The molecule has 0 heterocycles. The first-order chi connectivity index (χ1) is 5.83. The summed E-state index contributed by atoms with van der Waals surface area (Å²) in [4.78, 5) is 0. The zero-order valence-corrected chi connectivity index (χ0v) is 7.97. The van der Waals surface area contributed by atoms with Gasteiger partial charge in [0.25, 0.3) is 0 Å². The van der Waals surface area contributed by atoms with Crippen molar-refractivity contribution in [1.29, 1.82) is 0 Å². The van der Waals surface area contributed by atoms with Gasteiger partial charge in [0.05, 0.1) is 0 Å². The molecule has 12 heavy (non-hydrogen) atoms. The quantitative estimate of drug-likeness (QED) is 0.619. The third-order valence-electron chi connectivity index (χ3n) is 2.46. The molecule has 1 atom stereocenters. The first-order valence-electron chi connectivity index (χ1n) is 4.88. The minimum atomic E-state index is 0.866. The summed E-state index contributed by atoms with van der Waals surface area (Å²) in [6.07, 6.45) is 10.5. The number of allylic oxidation sites excluding steroid dienone is 1. The molecule has 0 saturated heterocycles. The Morgan fingerprint density at radius 2 is 2.33 bits per heavy atom. The minimum Gasteiger partial charge on any atom is -0.368 e. The van der Waals surface area contributed by atoms with Crippen LogP contribution in [0.3, 0.4) is 0 Å². The maximum absolute atomic E-state index is 3.63. The van der Waals surface area contributed by atoms with Crippen molar-refractivity contribution in [3.8, 4) is 0 Å². The largest absolute Gasteiger partial charge is 0.368 e. The van der Waals surface area contributed by atoms with E-state index >= 15 is 0 Å². The summed E-state index contributed by atoms with van der Waals surface area (Å²) >= 11 is 0. The average molecular weight is 165 g/mol. The topological polar surface area (TPSA) is 12.0 Å². The van der Waals surface area contributed by atoms with Gasteiger partial charge >= 0.3 is 0 Å². The SMILES string of the molecule is C=CN/C=C1\CCCCC(C)C1. The summed E-state index contributed by atoms with van der Waals surface area (Å²) in [6, 6.07) is 0. The Morgan fingerprint density at radius 1 is 1.50 bits per heavy atom. The van der Waals surface area contributed by atoms with Crippen LogP contribution in [-0.4, -0.2) is 0 Å². The molecule has 1 aliphatic carbocycles. The van der Waals surface area contributed by atoms with E-state index in [0.717, 1.165) is 5.92 Å². The standard InChI is InChI=1S/C11H19N/c1-3-12-9-11-7-5-4-6-10(2)8-11/h3,9-10,12H,1,4-8H2,2H3/b11-9+. The van der Waals surface area contributed by atoms with Gasteiger partial charge in [0.1, 0.15) is 0 Å². The van der Waals surface area contributed by atoms with Gasteiger partial charge in [-0.15, -0.1) is 0 Å². The van der Waals surface area contributed by atoms with Gasteiger partial charge in [0.15, 0.2) is 0 Å². The van der Waals surface area contributed by atoms with E-state index in [9.17, 15) is 0 Å². The lowest BCUT2D eigenvalue weighted by Crippen LogP contribution is -1.98. The van der Waals surface area contributed by atoms with E-state index in [2.05, 4.69) is 25.0 Å². The van der Waals surface area contributed by atoms with Crippen LogP contribution in [-0.2, 0) is 0 Å². The highest BCUT2D eigenvalue weighted by Gasteiger charge is 2.10. The van der Waals surface area contributed by atoms with E-state index in [1.54, 1.807) is 11.8 Å². The monoisotopic (exact) mass is 165 g/mol. The molecule has 1 nitrogen and oxygen atoms in total. The second kappa shape index (κ2) is 5.02. The Morgan fingerprint density at radius 3 is 3.08 bits per heavy atom. The maximum Gasteiger partial charge on any atom is -0.000374 e. The second-order valence-electron chi connectivity index (χ2n) is 3.73. The predicted octanol–water partition coefficient (Wildman–Crippen LogP) is 3.20. The van der Waals surface area contributed by atoms with E-state index < -0.39 is 0 Å². The van der Waals surface area contributed by atoms with Crippen LogP contribution in [0.15, 0.2) is 24.6 Å². The molecule has 0 aromatic heterocycles. The zero-order valence-electron chi connectivity index (χ0n) is 7.97. The van der Waals surface area contributed by atoms with Crippen LogP contribution >= 0.6 is 0 Å². The Kier molecular flexibility index (Phi) is 3.92. The average Bonchev–Trinajstić information content (AvgIpc) is 2.26. The van der Waals surface area contributed by atoms with Crippen LogP contribution < -0.4 is 5.32 Å². The Bertz CT molecular complexity index is 170. The van der Waals surface area contributed by atoms with Crippen molar-refractivity contribution >= 4 is 0 Å². The third kappa shape index (κ3) is 3.12. The van der Waals surface area contributed by atoms with Crippen molar-refractivity contribution in [2.75, 3.05) is 0 Å². The van der Waals surface area contributed by atoms with Gasteiger partial charge in [0.2, 0.25) is 0 Å². The highest BCUT2D eigenvalue weighted by molar-refractivity contribution is 5.04. The van der Waals surface area contributed by atoms with E-state index in [4.69, 9.17) is 0 Å². The molecule has 1 rings (SSSR count). The second-order valence-corrected chi connectivity index (χ2v) is 3.73. The molecular formula is C11H19N. The van der Waals surface area contributed by atoms with Crippen molar-refractivity contribution in [2.45, 2.75) is 39.0 Å². The molecule has 1 unspecified atom stereocenters. The van der Waals surface area contributed by atoms with Gasteiger partial charge in [-0.3, -0.25) is 0 Å². The van der Waals surface area contributed by atoms with Crippen molar-refractivity contribution in [2.24, 2.45) is 5.92 Å². The molecule has 68 valence electrons. The lowest BCUT2D eigenvalue weighted by atomic mass is 10.0. The first-order valence-corrected chi connectivity index (χ1v) is 4.88. The van der Waals surface area contributed by atoms with Crippen LogP contribution in [0.2, 0.25) is 0 Å². The summed E-state index contributed by atoms with van der Waals surface area (Å²) < 4.78 is 0. The van der Waals surface area contributed by atoms with E-state index in [1.807, 2.05) is 0 Å². The van der Waals surface area contributed by atoms with Crippen LogP contribution in [0.25, 0.3) is 0 Å². The molecule has 1 aliphatic rings. The number of hydrogen-bond donors (Lipinski definition) is 1. The number of nitrogens with one attached hydrogen (secondary N) is 1. The third-order valence-corrected chi connectivity index (χ3v) is 2.46. The Balaban J connectivity index is 2.45. The molecule has 0 radical (unpaired) electrons. The minimum absolute atomic E-state index is 0.866. The van der Waals surface area contributed by atoms with Crippen molar-refractivity contribution < 1.29 is 0 Å². The van der Waals surface area contributed by atoms with Gasteiger partial charge in [-0.2, -0.15) is 0 Å². The summed E-state index contributed by atoms with van der Waals surface area (Å²) in [7, 11) is 0. The first kappa shape index (κ1) is 9.37. The van der Waals surface area contributed by atoms with Crippen molar-refractivity contribution in [3.05, 3.63) is 24.6 Å².